The Bertz CT molecular complexity index is 1180. The van der Waals surface area contributed by atoms with E-state index < -0.39 is 5.97 Å². The fourth-order valence-electron chi connectivity index (χ4n) is 4.11. The lowest BCUT2D eigenvalue weighted by molar-refractivity contribution is 0.0592. The van der Waals surface area contributed by atoms with Gasteiger partial charge in [0.05, 0.1) is 14.2 Å². The van der Waals surface area contributed by atoms with Gasteiger partial charge in [0.1, 0.15) is 23.7 Å². The van der Waals surface area contributed by atoms with Crippen molar-refractivity contribution in [2.24, 2.45) is 0 Å². The van der Waals surface area contributed by atoms with Crippen LogP contribution in [-0.2, 0) is 30.9 Å². The molecule has 8 nitrogen and oxygen atoms in total. The predicted molar refractivity (Wildman–Crippen MR) is 123 cm³/mol. The van der Waals surface area contributed by atoms with Gasteiger partial charge in [0.15, 0.2) is 0 Å². The number of carbonyl (C=O) groups excluding carboxylic acids is 1. The normalized spacial score (nSPS) is 13.6. The fraction of sp³-hybridized carbons (Fsp3) is 0.320. The summed E-state index contributed by atoms with van der Waals surface area (Å²) in [6, 6.07) is 13.0. The lowest BCUT2D eigenvalue weighted by Crippen LogP contribution is -2.29. The molecular formula is C25H27N3O5. The molecule has 0 saturated carbocycles. The fourth-order valence-corrected chi connectivity index (χ4v) is 4.11. The summed E-state index contributed by atoms with van der Waals surface area (Å²) in [5.74, 6) is 0.552. The Morgan fingerprint density at radius 2 is 1.91 bits per heavy atom. The molecule has 1 aromatic carbocycles. The van der Waals surface area contributed by atoms with Crippen molar-refractivity contribution in [3.8, 4) is 11.5 Å². The Kier molecular flexibility index (Phi) is 7.04. The highest BCUT2D eigenvalue weighted by molar-refractivity contribution is 5.93. The third kappa shape index (κ3) is 5.06. The van der Waals surface area contributed by atoms with E-state index in [4.69, 9.17) is 14.2 Å². The average Bonchev–Trinajstić information content (AvgIpc) is 3.06. The van der Waals surface area contributed by atoms with Gasteiger partial charge in [0.25, 0.3) is 5.56 Å². The minimum Gasteiger partial charge on any atom is -0.496 e. The van der Waals surface area contributed by atoms with Crippen molar-refractivity contribution in [3.05, 3.63) is 87.6 Å². The van der Waals surface area contributed by atoms with Gasteiger partial charge in [-0.1, -0.05) is 24.3 Å². The molecule has 0 amide bonds. The van der Waals surface area contributed by atoms with Crippen molar-refractivity contribution in [3.63, 3.8) is 0 Å². The summed E-state index contributed by atoms with van der Waals surface area (Å²) in [6.07, 6.45) is 3.87. The molecule has 0 unspecified atom stereocenters. The molecule has 0 fully saturated rings. The third-order valence-electron chi connectivity index (χ3n) is 5.78. The highest BCUT2D eigenvalue weighted by Gasteiger charge is 2.26. The first-order valence-corrected chi connectivity index (χ1v) is 10.8. The van der Waals surface area contributed by atoms with E-state index in [1.54, 1.807) is 24.1 Å². The molecule has 0 N–H and O–H groups in total. The van der Waals surface area contributed by atoms with Crippen LogP contribution in [0.1, 0.15) is 27.2 Å². The van der Waals surface area contributed by atoms with Crippen molar-refractivity contribution in [2.45, 2.75) is 26.1 Å². The van der Waals surface area contributed by atoms with Crippen molar-refractivity contribution in [2.75, 3.05) is 27.3 Å². The van der Waals surface area contributed by atoms with Crippen LogP contribution < -0.4 is 15.0 Å². The molecule has 1 aliphatic heterocycles. The van der Waals surface area contributed by atoms with Crippen molar-refractivity contribution in [1.29, 1.82) is 0 Å². The first-order valence-electron chi connectivity index (χ1n) is 10.8. The van der Waals surface area contributed by atoms with Gasteiger partial charge in [-0.3, -0.25) is 14.7 Å². The van der Waals surface area contributed by atoms with E-state index in [9.17, 15) is 9.59 Å². The van der Waals surface area contributed by atoms with Crippen LogP contribution in [0.4, 0.5) is 0 Å². The predicted octanol–water partition coefficient (Wildman–Crippen LogP) is 2.68. The minimum absolute atomic E-state index is 0.195. The molecule has 3 aromatic rings. The SMILES string of the molecule is COC(=O)c1c(OCc2cccnc2)cc(=O)n2c1CCN(Cc1ccccc1OC)CC2. The number of nitrogens with zero attached hydrogens (tertiary/aromatic N) is 3. The number of aromatic nitrogens is 2. The van der Waals surface area contributed by atoms with Crippen LogP contribution in [0.5, 0.6) is 11.5 Å². The van der Waals surface area contributed by atoms with Crippen molar-refractivity contribution >= 4 is 5.97 Å². The van der Waals surface area contributed by atoms with Gasteiger partial charge in [-0.2, -0.15) is 0 Å². The quantitative estimate of drug-likeness (QED) is 0.513. The maximum atomic E-state index is 13.0. The molecular weight excluding hydrogens is 422 g/mol. The Balaban J connectivity index is 1.61. The summed E-state index contributed by atoms with van der Waals surface area (Å²) in [7, 11) is 2.99. The maximum absolute atomic E-state index is 13.0. The number of pyridine rings is 2. The number of esters is 1. The molecule has 2 aromatic heterocycles. The van der Waals surface area contributed by atoms with Gasteiger partial charge in [0, 0.05) is 67.9 Å². The van der Waals surface area contributed by atoms with Crippen molar-refractivity contribution in [1.82, 2.24) is 14.5 Å². The van der Waals surface area contributed by atoms with Crippen LogP contribution in [0.2, 0.25) is 0 Å². The number of methoxy groups -OCH3 is 2. The van der Waals surface area contributed by atoms with E-state index in [1.165, 1.54) is 13.2 Å². The molecule has 8 heteroatoms. The number of para-hydroxylation sites is 1. The van der Waals surface area contributed by atoms with Crippen LogP contribution in [-0.4, -0.2) is 47.7 Å². The number of rotatable bonds is 7. The highest BCUT2D eigenvalue weighted by Crippen LogP contribution is 2.26. The zero-order valence-electron chi connectivity index (χ0n) is 18.8. The highest BCUT2D eigenvalue weighted by atomic mass is 16.5. The zero-order valence-corrected chi connectivity index (χ0v) is 18.8. The van der Waals surface area contributed by atoms with Crippen LogP contribution in [0.3, 0.4) is 0 Å². The third-order valence-corrected chi connectivity index (χ3v) is 5.78. The largest absolute Gasteiger partial charge is 0.496 e. The van der Waals surface area contributed by atoms with E-state index in [2.05, 4.69) is 9.88 Å². The summed E-state index contributed by atoms with van der Waals surface area (Å²) in [6.45, 7) is 2.69. The molecule has 0 spiro atoms. The molecule has 3 heterocycles. The number of carbonyl (C=O) groups is 1. The topological polar surface area (TPSA) is 82.9 Å². The summed E-state index contributed by atoms with van der Waals surface area (Å²) >= 11 is 0. The summed E-state index contributed by atoms with van der Waals surface area (Å²) in [4.78, 5) is 32.0. The lowest BCUT2D eigenvalue weighted by atomic mass is 10.1. The number of fused-ring (bicyclic) bond motifs is 1. The molecule has 0 radical (unpaired) electrons. The smallest absolute Gasteiger partial charge is 0.343 e. The second-order valence-electron chi connectivity index (χ2n) is 7.80. The van der Waals surface area contributed by atoms with Crippen LogP contribution in [0.15, 0.2) is 59.7 Å². The summed E-state index contributed by atoms with van der Waals surface area (Å²) in [5, 5.41) is 0. The monoisotopic (exact) mass is 449 g/mol. The average molecular weight is 450 g/mol. The van der Waals surface area contributed by atoms with Crippen LogP contribution in [0, 0.1) is 0 Å². The van der Waals surface area contributed by atoms with E-state index in [1.807, 2.05) is 36.4 Å². The Morgan fingerprint density at radius 3 is 2.67 bits per heavy atom. The first-order chi connectivity index (χ1) is 16.1. The molecule has 1 aliphatic rings. The molecule has 0 aliphatic carbocycles. The second-order valence-corrected chi connectivity index (χ2v) is 7.80. The molecule has 0 bridgehead atoms. The molecule has 0 atom stereocenters. The number of hydrogen-bond donors (Lipinski definition) is 0. The molecule has 0 saturated heterocycles. The standard InChI is InChI=1S/C25H27N3O5/c1-31-21-8-4-3-7-19(21)16-27-11-9-20-24(25(30)32-2)22(14-23(29)28(20)13-12-27)33-17-18-6-5-10-26-15-18/h3-8,10,14-15H,9,11-13,16-17H2,1-2H3. The molecule has 33 heavy (non-hydrogen) atoms. The van der Waals surface area contributed by atoms with Crippen LogP contribution in [0.25, 0.3) is 0 Å². The van der Waals surface area contributed by atoms with E-state index in [0.717, 1.165) is 16.9 Å². The van der Waals surface area contributed by atoms with E-state index in [0.29, 0.717) is 43.9 Å². The van der Waals surface area contributed by atoms with Gasteiger partial charge in [-0.25, -0.2) is 4.79 Å². The Hall–Kier alpha value is -3.65. The van der Waals surface area contributed by atoms with Crippen molar-refractivity contribution < 1.29 is 19.0 Å². The summed E-state index contributed by atoms with van der Waals surface area (Å²) < 4.78 is 18.1. The van der Waals surface area contributed by atoms with Gasteiger partial charge >= 0.3 is 5.97 Å². The number of hydrogen-bond acceptors (Lipinski definition) is 7. The lowest BCUT2D eigenvalue weighted by Gasteiger charge is -2.20. The van der Waals surface area contributed by atoms with E-state index in [-0.39, 0.29) is 17.9 Å². The second kappa shape index (κ2) is 10.3. The van der Waals surface area contributed by atoms with Gasteiger partial charge < -0.3 is 18.8 Å². The number of benzene rings is 1. The van der Waals surface area contributed by atoms with E-state index >= 15 is 0 Å². The van der Waals surface area contributed by atoms with Gasteiger partial charge in [0.2, 0.25) is 0 Å². The molecule has 4 rings (SSSR count). The maximum Gasteiger partial charge on any atom is 0.343 e. The Morgan fingerprint density at radius 1 is 1.06 bits per heavy atom. The minimum atomic E-state index is -0.516. The zero-order chi connectivity index (χ0) is 23.2. The number of ether oxygens (including phenoxy) is 3. The van der Waals surface area contributed by atoms with Gasteiger partial charge in [-0.15, -0.1) is 0 Å². The first kappa shape index (κ1) is 22.5. The Labute approximate surface area is 192 Å². The molecule has 172 valence electrons. The van der Waals surface area contributed by atoms with Crippen LogP contribution >= 0.6 is 0 Å². The van der Waals surface area contributed by atoms with Gasteiger partial charge in [-0.05, 0) is 12.1 Å². The summed E-state index contributed by atoms with van der Waals surface area (Å²) in [5.41, 5.74) is 2.66.